The number of hydrogen-bond acceptors (Lipinski definition) is 11. The number of anilines is 2. The number of aromatic carboxylic acids is 2. The Labute approximate surface area is 302 Å². The number of carboxylic acid groups (broad SMARTS) is 2. The Kier molecular flexibility index (Phi) is 14.9. The maximum Gasteiger partial charge on any atom is 1.00 e. The Hall–Kier alpha value is -4.82. The molecule has 0 saturated carbocycles. The molecule has 0 saturated heterocycles. The Balaban J connectivity index is 0.000000333. The molecule has 0 fully saturated rings. The van der Waals surface area contributed by atoms with Crippen molar-refractivity contribution in [1.82, 2.24) is 9.44 Å². The molecule has 252 valence electrons. The number of phenols is 2. The van der Waals surface area contributed by atoms with E-state index in [9.17, 15) is 41.1 Å². The van der Waals surface area contributed by atoms with E-state index in [1.54, 1.807) is 0 Å². The molecule has 0 aromatic heterocycles. The van der Waals surface area contributed by atoms with Gasteiger partial charge in [0.2, 0.25) is 31.9 Å². The van der Waals surface area contributed by atoms with Crippen LogP contribution in [0, 0.1) is 0 Å². The number of amides is 2. The molecule has 4 aromatic rings. The summed E-state index contributed by atoms with van der Waals surface area (Å²) in [7, 11) is -8.36. The average Bonchev–Trinajstić information content (AvgIpc) is 3.05. The smallest absolute Gasteiger partial charge is 0.545 e. The summed E-state index contributed by atoms with van der Waals surface area (Å²) in [5, 5.41) is 43.2. The van der Waals surface area contributed by atoms with Gasteiger partial charge in [0.1, 0.15) is 11.5 Å². The van der Waals surface area contributed by atoms with Crippen molar-refractivity contribution in [2.45, 2.75) is 9.79 Å². The molecule has 0 heterocycles. The molecule has 0 aliphatic rings. The van der Waals surface area contributed by atoms with Crippen LogP contribution in [0.1, 0.15) is 20.7 Å². The van der Waals surface area contributed by atoms with Crippen LogP contribution in [0.2, 0.25) is 0 Å². The summed E-state index contributed by atoms with van der Waals surface area (Å²) >= 11 is 0. The number of aromatic hydroxyl groups is 2. The molecule has 0 radical (unpaired) electrons. The van der Waals surface area contributed by atoms with Gasteiger partial charge in [0.15, 0.2) is 0 Å². The van der Waals surface area contributed by atoms with Crippen molar-refractivity contribution >= 4 is 55.2 Å². The molecule has 49 heavy (non-hydrogen) atoms. The monoisotopic (exact) mass is 722 g/mol. The van der Waals surface area contributed by atoms with Gasteiger partial charge < -0.3 is 35.9 Å². The van der Waals surface area contributed by atoms with Gasteiger partial charge in [-0.3, -0.25) is 9.59 Å². The largest absolute Gasteiger partial charge is 1.00 e. The number of hydrogen-bond donors (Lipinski definition) is 7. The van der Waals surface area contributed by atoms with Gasteiger partial charge in [-0.15, -0.1) is 0 Å². The molecule has 19 heteroatoms. The SMILES string of the molecule is O=C(CNS(=O)(=O)c1ccccc1C(=O)O)Nc1ccc(O)cc1.O=C(CNS(=O)(=O)c1ccccc1C(=O)[O-])Nc1ccc(O)cc1.[Na+]. The van der Waals surface area contributed by atoms with Gasteiger partial charge in [0.05, 0.1) is 34.4 Å². The van der Waals surface area contributed by atoms with Crippen molar-refractivity contribution < 1.29 is 86.0 Å². The van der Waals surface area contributed by atoms with Crippen molar-refractivity contribution in [3.8, 4) is 11.5 Å². The minimum Gasteiger partial charge on any atom is -0.545 e. The molecule has 2 amide bonds. The van der Waals surface area contributed by atoms with E-state index < -0.39 is 72.2 Å². The number of benzene rings is 4. The maximum absolute atomic E-state index is 12.2. The molecular formula is C30H27N4NaO12S2. The predicted molar refractivity (Wildman–Crippen MR) is 168 cm³/mol. The van der Waals surface area contributed by atoms with Gasteiger partial charge >= 0.3 is 35.5 Å². The van der Waals surface area contributed by atoms with Gasteiger partial charge in [-0.2, -0.15) is 0 Å². The summed E-state index contributed by atoms with van der Waals surface area (Å²) in [6, 6.07) is 21.2. The van der Waals surface area contributed by atoms with Gasteiger partial charge in [-0.1, -0.05) is 30.3 Å². The van der Waals surface area contributed by atoms with E-state index in [1.807, 2.05) is 9.44 Å². The number of carbonyl (C=O) groups excluding carboxylic acids is 3. The zero-order chi connectivity index (χ0) is 35.5. The van der Waals surface area contributed by atoms with Gasteiger partial charge in [-0.05, 0) is 66.7 Å². The van der Waals surface area contributed by atoms with Gasteiger partial charge in [-0.25, -0.2) is 31.1 Å². The summed E-state index contributed by atoms with van der Waals surface area (Å²) in [4.78, 5) is 44.7. The van der Waals surface area contributed by atoms with Gasteiger partial charge in [0, 0.05) is 16.9 Å². The molecule has 16 nitrogen and oxygen atoms in total. The summed E-state index contributed by atoms with van der Waals surface area (Å²) < 4.78 is 52.7. The van der Waals surface area contributed by atoms with Crippen LogP contribution >= 0.6 is 0 Å². The Morgan fingerprint density at radius 3 is 1.29 bits per heavy atom. The first kappa shape index (κ1) is 40.4. The number of carboxylic acids is 2. The van der Waals surface area contributed by atoms with Crippen LogP contribution in [-0.4, -0.2) is 69.0 Å². The Morgan fingerprint density at radius 2 is 0.918 bits per heavy atom. The van der Waals surface area contributed by atoms with Crippen molar-refractivity contribution in [2.75, 3.05) is 23.7 Å². The summed E-state index contributed by atoms with van der Waals surface area (Å²) in [5.74, 6) is -4.27. The van der Waals surface area contributed by atoms with Crippen LogP contribution in [0.3, 0.4) is 0 Å². The molecule has 4 rings (SSSR count). The second-order valence-electron chi connectivity index (χ2n) is 9.42. The van der Waals surface area contributed by atoms with Crippen molar-refractivity contribution in [3.63, 3.8) is 0 Å². The summed E-state index contributed by atoms with van der Waals surface area (Å²) in [6.07, 6.45) is 0. The van der Waals surface area contributed by atoms with Crippen molar-refractivity contribution in [1.29, 1.82) is 0 Å². The molecule has 0 bridgehead atoms. The predicted octanol–water partition coefficient (Wildman–Crippen LogP) is -2.32. The number of nitrogens with one attached hydrogen (secondary N) is 4. The van der Waals surface area contributed by atoms with Crippen LogP contribution in [-0.2, 0) is 29.6 Å². The van der Waals surface area contributed by atoms with E-state index in [2.05, 4.69) is 10.6 Å². The summed E-state index contributed by atoms with van der Waals surface area (Å²) in [5.41, 5.74) is -0.136. The Bertz CT molecular complexity index is 1880. The zero-order valence-corrected chi connectivity index (χ0v) is 29.1. The standard InChI is InChI=1S/2C15H14N2O6S.Na/c2*18-11-7-5-10(6-8-11)17-14(19)9-16-24(22,23)13-4-2-1-3-12(13)15(20)21;/h2*1-8,16,18H,9H2,(H,17,19)(H,20,21);/q;;+1/p-1. The van der Waals surface area contributed by atoms with Crippen LogP contribution in [0.25, 0.3) is 0 Å². The average molecular weight is 723 g/mol. The quantitative estimate of drug-likeness (QED) is 0.0601. The third-order valence-electron chi connectivity index (χ3n) is 5.95. The molecule has 0 aliphatic heterocycles. The first-order valence-corrected chi connectivity index (χ1v) is 16.4. The van der Waals surface area contributed by atoms with Crippen molar-refractivity contribution in [3.05, 3.63) is 108 Å². The molecule has 7 N–H and O–H groups in total. The molecule has 0 unspecified atom stereocenters. The van der Waals surface area contributed by atoms with Crippen LogP contribution < -0.4 is 54.7 Å². The Morgan fingerprint density at radius 1 is 0.571 bits per heavy atom. The van der Waals surface area contributed by atoms with E-state index in [4.69, 9.17) is 15.3 Å². The molecule has 4 aromatic carbocycles. The maximum atomic E-state index is 12.2. The van der Waals surface area contributed by atoms with E-state index in [0.717, 1.165) is 24.3 Å². The van der Waals surface area contributed by atoms with E-state index in [1.165, 1.54) is 72.8 Å². The van der Waals surface area contributed by atoms with Crippen LogP contribution in [0.15, 0.2) is 107 Å². The van der Waals surface area contributed by atoms with Crippen LogP contribution in [0.4, 0.5) is 11.4 Å². The third-order valence-corrected chi connectivity index (χ3v) is 8.87. The zero-order valence-electron chi connectivity index (χ0n) is 25.5. The molecular weight excluding hydrogens is 695 g/mol. The molecule has 0 aliphatic carbocycles. The normalized spacial score (nSPS) is 10.8. The van der Waals surface area contributed by atoms with Crippen molar-refractivity contribution in [2.24, 2.45) is 0 Å². The fraction of sp³-hybridized carbons (Fsp3) is 0.0667. The van der Waals surface area contributed by atoms with E-state index >= 15 is 0 Å². The second-order valence-corrected chi connectivity index (χ2v) is 12.9. The first-order chi connectivity index (χ1) is 22.6. The second kappa shape index (κ2) is 18.1. The number of rotatable bonds is 12. The number of phenolic OH excluding ortho intramolecular Hbond substituents is 2. The topological polar surface area (TPSA) is 268 Å². The minimum atomic E-state index is -4.20. The fourth-order valence-electron chi connectivity index (χ4n) is 3.72. The third kappa shape index (κ3) is 12.3. The fourth-order valence-corrected chi connectivity index (χ4v) is 6.08. The number of carbonyl (C=O) groups is 4. The number of sulfonamides is 2. The van der Waals surface area contributed by atoms with Gasteiger partial charge in [0.25, 0.3) is 0 Å². The summed E-state index contributed by atoms with van der Waals surface area (Å²) in [6.45, 7) is -1.16. The van der Waals surface area contributed by atoms with E-state index in [-0.39, 0.29) is 46.6 Å². The minimum absolute atomic E-state index is 0. The van der Waals surface area contributed by atoms with E-state index in [0.29, 0.717) is 11.4 Å². The first-order valence-electron chi connectivity index (χ1n) is 13.4. The molecule has 0 spiro atoms. The van der Waals surface area contributed by atoms with Crippen LogP contribution in [0.5, 0.6) is 11.5 Å². The molecule has 0 atom stereocenters.